The first-order valence-corrected chi connectivity index (χ1v) is 8.04. The number of rotatable bonds is 4. The predicted molar refractivity (Wildman–Crippen MR) is 81.4 cm³/mol. The van der Waals surface area contributed by atoms with Gasteiger partial charge in [-0.3, -0.25) is 0 Å². The summed E-state index contributed by atoms with van der Waals surface area (Å²) in [7, 11) is -3.67. The van der Waals surface area contributed by atoms with Gasteiger partial charge in [0.1, 0.15) is 6.07 Å². The molecular weight excluding hydrogens is 308 g/mol. The van der Waals surface area contributed by atoms with Crippen molar-refractivity contribution in [1.29, 1.82) is 5.26 Å². The summed E-state index contributed by atoms with van der Waals surface area (Å²) in [6.45, 7) is 2.12. The zero-order valence-corrected chi connectivity index (χ0v) is 12.9. The van der Waals surface area contributed by atoms with Crippen molar-refractivity contribution in [3.8, 4) is 6.07 Å². The van der Waals surface area contributed by atoms with Gasteiger partial charge in [0.05, 0.1) is 15.5 Å². The number of nitrogens with zero attached hydrogens (tertiary/aromatic N) is 1. The van der Waals surface area contributed by atoms with Gasteiger partial charge in [0.25, 0.3) is 0 Å². The molecule has 108 valence electrons. The van der Waals surface area contributed by atoms with E-state index in [0.29, 0.717) is 0 Å². The van der Waals surface area contributed by atoms with E-state index in [1.54, 1.807) is 0 Å². The Hall–Kier alpha value is -1.87. The van der Waals surface area contributed by atoms with Gasteiger partial charge in [-0.15, -0.1) is 0 Å². The van der Waals surface area contributed by atoms with E-state index in [1.807, 2.05) is 37.3 Å². The molecule has 0 saturated heterocycles. The lowest BCUT2D eigenvalue weighted by atomic mass is 10.1. The minimum absolute atomic E-state index is 0.0417. The van der Waals surface area contributed by atoms with Crippen molar-refractivity contribution < 1.29 is 8.42 Å². The molecule has 0 saturated carbocycles. The van der Waals surface area contributed by atoms with Crippen molar-refractivity contribution in [3.05, 3.63) is 64.2 Å². The topological polar surface area (TPSA) is 70.0 Å². The van der Waals surface area contributed by atoms with Crippen LogP contribution in [0.3, 0.4) is 0 Å². The lowest BCUT2D eigenvalue weighted by Crippen LogP contribution is -2.23. The van der Waals surface area contributed by atoms with E-state index < -0.39 is 10.0 Å². The summed E-state index contributed by atoms with van der Waals surface area (Å²) in [5.74, 6) is 0. The van der Waals surface area contributed by atoms with Crippen LogP contribution in [0.5, 0.6) is 0 Å². The lowest BCUT2D eigenvalue weighted by Gasteiger charge is -2.09. The lowest BCUT2D eigenvalue weighted by molar-refractivity contribution is 0.581. The molecule has 1 N–H and O–H groups in total. The highest BCUT2D eigenvalue weighted by atomic mass is 35.5. The van der Waals surface area contributed by atoms with Crippen molar-refractivity contribution in [3.63, 3.8) is 0 Å². The first kappa shape index (κ1) is 15.5. The normalized spacial score (nSPS) is 11.1. The standard InChI is InChI=1S/C15H13ClN2O2S/c1-11-4-2-3-5-13(11)10-18-21(19,20)14-7-6-12(9-17)15(16)8-14/h2-8,18H,10H2,1H3. The van der Waals surface area contributed by atoms with E-state index in [9.17, 15) is 8.42 Å². The smallest absolute Gasteiger partial charge is 0.207 e. The van der Waals surface area contributed by atoms with E-state index >= 15 is 0 Å². The Morgan fingerprint density at radius 1 is 1.24 bits per heavy atom. The highest BCUT2D eigenvalue weighted by Crippen LogP contribution is 2.20. The van der Waals surface area contributed by atoms with Crippen molar-refractivity contribution >= 4 is 21.6 Å². The fourth-order valence-corrected chi connectivity index (χ4v) is 3.14. The maximum Gasteiger partial charge on any atom is 0.240 e. The third kappa shape index (κ3) is 3.61. The quantitative estimate of drug-likeness (QED) is 0.941. The largest absolute Gasteiger partial charge is 0.240 e. The number of halogens is 1. The molecule has 0 radical (unpaired) electrons. The predicted octanol–water partition coefficient (Wildman–Crippen LogP) is 3.00. The molecule has 0 unspecified atom stereocenters. The van der Waals surface area contributed by atoms with Crippen LogP contribution in [0.4, 0.5) is 0 Å². The zero-order valence-electron chi connectivity index (χ0n) is 11.3. The number of hydrogen-bond acceptors (Lipinski definition) is 3. The average Bonchev–Trinajstić information content (AvgIpc) is 2.46. The van der Waals surface area contributed by atoms with Crippen molar-refractivity contribution in [2.75, 3.05) is 0 Å². The fourth-order valence-electron chi connectivity index (χ4n) is 1.82. The molecule has 2 aromatic carbocycles. The minimum atomic E-state index is -3.67. The molecule has 0 heterocycles. The second-order valence-corrected chi connectivity index (χ2v) is 6.68. The number of sulfonamides is 1. The molecule has 0 atom stereocenters. The van der Waals surface area contributed by atoms with E-state index in [-0.39, 0.29) is 22.0 Å². The van der Waals surface area contributed by atoms with Crippen LogP contribution in [0.25, 0.3) is 0 Å². The summed E-state index contributed by atoms with van der Waals surface area (Å²) in [5, 5.41) is 8.92. The highest BCUT2D eigenvalue weighted by Gasteiger charge is 2.15. The Morgan fingerprint density at radius 2 is 1.95 bits per heavy atom. The summed E-state index contributed by atoms with van der Waals surface area (Å²) in [4.78, 5) is 0.0417. The first-order chi connectivity index (χ1) is 9.94. The Labute approximate surface area is 129 Å². The Morgan fingerprint density at radius 3 is 2.57 bits per heavy atom. The molecule has 4 nitrogen and oxygen atoms in total. The van der Waals surface area contributed by atoms with Crippen LogP contribution in [0.2, 0.25) is 5.02 Å². The molecule has 0 bridgehead atoms. The minimum Gasteiger partial charge on any atom is -0.207 e. The first-order valence-electron chi connectivity index (χ1n) is 6.18. The molecule has 0 aromatic heterocycles. The summed E-state index contributed by atoms with van der Waals surface area (Å²) in [5.41, 5.74) is 2.16. The van der Waals surface area contributed by atoms with Gasteiger partial charge in [0.2, 0.25) is 10.0 Å². The van der Waals surface area contributed by atoms with E-state index in [4.69, 9.17) is 16.9 Å². The summed E-state index contributed by atoms with van der Waals surface area (Å²) < 4.78 is 27.0. The van der Waals surface area contributed by atoms with Crippen LogP contribution in [0, 0.1) is 18.3 Å². The molecule has 0 amide bonds. The van der Waals surface area contributed by atoms with Crippen molar-refractivity contribution in [1.82, 2.24) is 4.72 Å². The van der Waals surface area contributed by atoms with Gasteiger partial charge in [-0.05, 0) is 36.2 Å². The third-order valence-corrected chi connectivity index (χ3v) is 4.80. The van der Waals surface area contributed by atoms with Crippen molar-refractivity contribution in [2.45, 2.75) is 18.4 Å². The molecule has 21 heavy (non-hydrogen) atoms. The van der Waals surface area contributed by atoms with Crippen LogP contribution in [-0.4, -0.2) is 8.42 Å². The Bertz CT molecular complexity index is 811. The number of nitrogens with one attached hydrogen (secondary N) is 1. The second kappa shape index (κ2) is 6.27. The number of nitriles is 1. The van der Waals surface area contributed by atoms with Gasteiger partial charge in [0, 0.05) is 6.54 Å². The highest BCUT2D eigenvalue weighted by molar-refractivity contribution is 7.89. The van der Waals surface area contributed by atoms with E-state index in [0.717, 1.165) is 11.1 Å². The zero-order chi connectivity index (χ0) is 15.5. The molecule has 2 aromatic rings. The molecule has 6 heteroatoms. The van der Waals surface area contributed by atoms with Gasteiger partial charge in [-0.1, -0.05) is 35.9 Å². The second-order valence-electron chi connectivity index (χ2n) is 4.50. The van der Waals surface area contributed by atoms with E-state index in [1.165, 1.54) is 18.2 Å². The third-order valence-electron chi connectivity index (χ3n) is 3.09. The molecule has 0 aliphatic heterocycles. The van der Waals surface area contributed by atoms with Gasteiger partial charge < -0.3 is 0 Å². The van der Waals surface area contributed by atoms with Gasteiger partial charge in [0.15, 0.2) is 0 Å². The maximum atomic E-state index is 12.2. The number of benzene rings is 2. The Kier molecular flexibility index (Phi) is 4.63. The summed E-state index contributed by atoms with van der Waals surface area (Å²) >= 11 is 5.86. The molecule has 0 aliphatic carbocycles. The summed E-state index contributed by atoms with van der Waals surface area (Å²) in [6.07, 6.45) is 0. The van der Waals surface area contributed by atoms with Gasteiger partial charge in [-0.2, -0.15) is 5.26 Å². The SMILES string of the molecule is Cc1ccccc1CNS(=O)(=O)c1ccc(C#N)c(Cl)c1. The summed E-state index contributed by atoms with van der Waals surface area (Å²) in [6, 6.07) is 13.5. The molecular formula is C15H13ClN2O2S. The Balaban J connectivity index is 2.21. The fraction of sp³-hybridized carbons (Fsp3) is 0.133. The van der Waals surface area contributed by atoms with Crippen molar-refractivity contribution in [2.24, 2.45) is 0 Å². The van der Waals surface area contributed by atoms with Gasteiger partial charge >= 0.3 is 0 Å². The van der Waals surface area contributed by atoms with Crippen LogP contribution in [-0.2, 0) is 16.6 Å². The average molecular weight is 321 g/mol. The van der Waals surface area contributed by atoms with Crippen LogP contribution >= 0.6 is 11.6 Å². The van der Waals surface area contributed by atoms with Crippen LogP contribution < -0.4 is 4.72 Å². The number of aryl methyl sites for hydroxylation is 1. The molecule has 0 aliphatic rings. The van der Waals surface area contributed by atoms with Crippen LogP contribution in [0.15, 0.2) is 47.4 Å². The monoisotopic (exact) mass is 320 g/mol. The van der Waals surface area contributed by atoms with Crippen LogP contribution in [0.1, 0.15) is 16.7 Å². The molecule has 0 spiro atoms. The number of hydrogen-bond donors (Lipinski definition) is 1. The van der Waals surface area contributed by atoms with E-state index in [2.05, 4.69) is 4.72 Å². The molecule has 2 rings (SSSR count). The maximum absolute atomic E-state index is 12.2. The molecule has 0 fully saturated rings. The van der Waals surface area contributed by atoms with Gasteiger partial charge in [-0.25, -0.2) is 13.1 Å².